The van der Waals surface area contributed by atoms with Gasteiger partial charge in [-0.3, -0.25) is 4.79 Å². The second-order valence-electron chi connectivity index (χ2n) is 4.03. The van der Waals surface area contributed by atoms with Gasteiger partial charge < -0.3 is 10.6 Å². The number of anilines is 2. The number of halogens is 3. The van der Waals surface area contributed by atoms with Gasteiger partial charge in [-0.25, -0.2) is 8.78 Å². The predicted molar refractivity (Wildman–Crippen MR) is 83.0 cm³/mol. The van der Waals surface area contributed by atoms with Crippen molar-refractivity contribution in [1.82, 2.24) is 0 Å². The van der Waals surface area contributed by atoms with Crippen LogP contribution in [-0.4, -0.2) is 13.0 Å². The molecule has 1 amide bonds. The number of carbonyl (C=O) groups excluding carboxylic acids is 1. The predicted octanol–water partition coefficient (Wildman–Crippen LogP) is 3.86. The van der Waals surface area contributed by atoms with Gasteiger partial charge in [-0.15, -0.1) is 0 Å². The van der Waals surface area contributed by atoms with E-state index in [0.717, 1.165) is 15.7 Å². The number of rotatable bonds is 3. The Labute approximate surface area is 128 Å². The Bertz CT molecular complexity index is 621. The van der Waals surface area contributed by atoms with Crippen LogP contribution in [-0.2, 0) is 0 Å². The summed E-state index contributed by atoms with van der Waals surface area (Å²) in [6, 6.07) is 9.07. The average molecular weight is 388 g/mol. The van der Waals surface area contributed by atoms with Crippen molar-refractivity contribution in [2.75, 3.05) is 17.7 Å². The molecule has 0 unspecified atom stereocenters. The van der Waals surface area contributed by atoms with E-state index in [1.165, 1.54) is 7.05 Å². The summed E-state index contributed by atoms with van der Waals surface area (Å²) < 4.78 is 28.2. The zero-order valence-electron chi connectivity index (χ0n) is 10.5. The van der Waals surface area contributed by atoms with Crippen LogP contribution in [0.3, 0.4) is 0 Å². The summed E-state index contributed by atoms with van der Waals surface area (Å²) in [5.41, 5.74) is 0.238. The van der Waals surface area contributed by atoms with Crippen LogP contribution in [0.4, 0.5) is 20.2 Å². The van der Waals surface area contributed by atoms with Gasteiger partial charge in [0.15, 0.2) is 0 Å². The number of nitrogens with one attached hydrogen (secondary N) is 2. The van der Waals surface area contributed by atoms with Gasteiger partial charge in [0, 0.05) is 21.9 Å². The number of amides is 1. The van der Waals surface area contributed by atoms with Gasteiger partial charge in [-0.1, -0.05) is 0 Å². The Hall–Kier alpha value is -1.70. The van der Waals surface area contributed by atoms with E-state index in [9.17, 15) is 13.6 Å². The molecule has 3 nitrogen and oxygen atoms in total. The molecule has 0 bridgehead atoms. The molecule has 0 saturated heterocycles. The van der Waals surface area contributed by atoms with Crippen molar-refractivity contribution in [2.24, 2.45) is 0 Å². The molecule has 0 atom stereocenters. The van der Waals surface area contributed by atoms with Crippen LogP contribution in [0, 0.1) is 15.2 Å². The molecule has 0 radical (unpaired) electrons. The van der Waals surface area contributed by atoms with E-state index in [-0.39, 0.29) is 11.3 Å². The third-order valence-corrected chi connectivity index (χ3v) is 3.38. The molecule has 2 rings (SSSR count). The molecule has 0 aliphatic carbocycles. The maximum absolute atomic E-state index is 13.6. The van der Waals surface area contributed by atoms with Crippen molar-refractivity contribution >= 4 is 39.9 Å². The van der Waals surface area contributed by atoms with Crippen molar-refractivity contribution in [3.05, 3.63) is 57.2 Å². The number of hydrogen-bond acceptors (Lipinski definition) is 2. The molecule has 0 saturated carbocycles. The van der Waals surface area contributed by atoms with Gasteiger partial charge >= 0.3 is 0 Å². The fraction of sp³-hybridized carbons (Fsp3) is 0.0714. The van der Waals surface area contributed by atoms with Crippen LogP contribution in [0.1, 0.15) is 10.4 Å². The average Bonchev–Trinajstić information content (AvgIpc) is 2.41. The number of carbonyl (C=O) groups is 1. The zero-order valence-corrected chi connectivity index (χ0v) is 12.7. The lowest BCUT2D eigenvalue weighted by Gasteiger charge is -2.08. The molecule has 0 aliphatic heterocycles. The van der Waals surface area contributed by atoms with Crippen LogP contribution in [0.25, 0.3) is 0 Å². The van der Waals surface area contributed by atoms with E-state index in [1.54, 1.807) is 12.1 Å². The van der Waals surface area contributed by atoms with Crippen LogP contribution < -0.4 is 10.6 Å². The van der Waals surface area contributed by atoms with E-state index < -0.39 is 17.5 Å². The number of hydrogen-bond donors (Lipinski definition) is 2. The normalized spacial score (nSPS) is 10.2. The molecular weight excluding hydrogens is 377 g/mol. The molecule has 0 aliphatic rings. The van der Waals surface area contributed by atoms with Gasteiger partial charge in [-0.05, 0) is 59.0 Å². The Morgan fingerprint density at radius 3 is 2.15 bits per heavy atom. The molecule has 2 aromatic rings. The van der Waals surface area contributed by atoms with Gasteiger partial charge in [0.25, 0.3) is 5.91 Å². The zero-order chi connectivity index (χ0) is 14.7. The fourth-order valence-electron chi connectivity index (χ4n) is 1.68. The first-order valence-electron chi connectivity index (χ1n) is 5.75. The highest BCUT2D eigenvalue weighted by Crippen LogP contribution is 2.21. The fourth-order valence-corrected chi connectivity index (χ4v) is 2.04. The Morgan fingerprint density at radius 1 is 1.10 bits per heavy atom. The smallest absolute Gasteiger partial charge is 0.255 e. The van der Waals surface area contributed by atoms with E-state index >= 15 is 0 Å². The molecule has 104 valence electrons. The summed E-state index contributed by atoms with van der Waals surface area (Å²) in [4.78, 5) is 11.9. The van der Waals surface area contributed by atoms with Gasteiger partial charge in [0.05, 0.1) is 0 Å². The maximum Gasteiger partial charge on any atom is 0.255 e. The molecule has 0 aromatic heterocycles. The molecule has 20 heavy (non-hydrogen) atoms. The molecule has 6 heteroatoms. The summed E-state index contributed by atoms with van der Waals surface area (Å²) in [6.45, 7) is 0. The van der Waals surface area contributed by atoms with Crippen LogP contribution >= 0.6 is 22.6 Å². The molecular formula is C14H11F2IN2O. The minimum absolute atomic E-state index is 0.0717. The highest BCUT2D eigenvalue weighted by Gasteiger charge is 2.14. The minimum atomic E-state index is -0.805. The lowest BCUT2D eigenvalue weighted by molar-refractivity contribution is 0.102. The van der Waals surface area contributed by atoms with Crippen LogP contribution in [0.2, 0.25) is 0 Å². The molecule has 0 heterocycles. The lowest BCUT2D eigenvalue weighted by Crippen LogP contribution is -2.13. The third kappa shape index (κ3) is 3.24. The second-order valence-corrected chi connectivity index (χ2v) is 5.27. The van der Waals surface area contributed by atoms with Gasteiger partial charge in [-0.2, -0.15) is 0 Å². The SMILES string of the molecule is CNc1c(F)cc(C(=O)Nc2ccc(I)cc2)cc1F. The standard InChI is InChI=1S/C14H11F2IN2O/c1-18-13-11(15)6-8(7-12(13)16)14(20)19-10-4-2-9(17)3-5-10/h2-7,18H,1H3,(H,19,20). The van der Waals surface area contributed by atoms with Crippen molar-refractivity contribution in [2.45, 2.75) is 0 Å². The van der Waals surface area contributed by atoms with Gasteiger partial charge in [0.1, 0.15) is 17.3 Å². The summed E-state index contributed by atoms with van der Waals surface area (Å²) in [7, 11) is 1.41. The Morgan fingerprint density at radius 2 is 1.65 bits per heavy atom. The van der Waals surface area contributed by atoms with E-state index in [4.69, 9.17) is 0 Å². The van der Waals surface area contributed by atoms with Crippen LogP contribution in [0.5, 0.6) is 0 Å². The Balaban J connectivity index is 2.23. The number of benzene rings is 2. The van der Waals surface area contributed by atoms with Crippen molar-refractivity contribution in [1.29, 1.82) is 0 Å². The second kappa shape index (κ2) is 6.17. The first-order chi connectivity index (χ1) is 9.51. The molecule has 0 fully saturated rings. The van der Waals surface area contributed by atoms with Crippen molar-refractivity contribution < 1.29 is 13.6 Å². The quantitative estimate of drug-likeness (QED) is 0.785. The third-order valence-electron chi connectivity index (χ3n) is 2.66. The highest BCUT2D eigenvalue weighted by atomic mass is 127. The summed E-state index contributed by atoms with van der Waals surface area (Å²) >= 11 is 2.14. The molecule has 0 spiro atoms. The summed E-state index contributed by atoms with van der Waals surface area (Å²) in [6.07, 6.45) is 0. The Kier molecular flexibility index (Phi) is 4.53. The van der Waals surface area contributed by atoms with Crippen LogP contribution in [0.15, 0.2) is 36.4 Å². The first kappa shape index (κ1) is 14.7. The summed E-state index contributed by atoms with van der Waals surface area (Å²) in [5.74, 6) is -2.17. The monoisotopic (exact) mass is 388 g/mol. The van der Waals surface area contributed by atoms with E-state index in [0.29, 0.717) is 5.69 Å². The maximum atomic E-state index is 13.6. The highest BCUT2D eigenvalue weighted by molar-refractivity contribution is 14.1. The molecule has 2 aromatic carbocycles. The van der Waals surface area contributed by atoms with E-state index in [2.05, 4.69) is 33.2 Å². The topological polar surface area (TPSA) is 41.1 Å². The largest absolute Gasteiger partial charge is 0.383 e. The van der Waals surface area contributed by atoms with Crippen molar-refractivity contribution in [3.8, 4) is 0 Å². The van der Waals surface area contributed by atoms with Gasteiger partial charge in [0.2, 0.25) is 0 Å². The van der Waals surface area contributed by atoms with E-state index in [1.807, 2.05) is 12.1 Å². The molecule has 2 N–H and O–H groups in total. The first-order valence-corrected chi connectivity index (χ1v) is 6.83. The minimum Gasteiger partial charge on any atom is -0.383 e. The summed E-state index contributed by atoms with van der Waals surface area (Å²) in [5, 5.41) is 4.98. The lowest BCUT2D eigenvalue weighted by atomic mass is 10.1. The van der Waals surface area contributed by atoms with Crippen molar-refractivity contribution in [3.63, 3.8) is 0 Å².